The van der Waals surface area contributed by atoms with Crippen LogP contribution in [0.2, 0.25) is 0 Å². The van der Waals surface area contributed by atoms with Gasteiger partial charge in [-0.2, -0.15) is 33.7 Å². The molecule has 4 aromatic carbocycles. The van der Waals surface area contributed by atoms with Gasteiger partial charge in [-0.15, -0.1) is 0 Å². The minimum Gasteiger partial charge on any atom is -0.493 e. The van der Waals surface area contributed by atoms with Crippen LogP contribution in [0.25, 0.3) is 21.5 Å². The minimum absolute atomic E-state index is 0.167. The van der Waals surface area contributed by atoms with Crippen molar-refractivity contribution < 1.29 is 170 Å². The molecule has 13 aliphatic heterocycles. The van der Waals surface area contributed by atoms with Crippen molar-refractivity contribution in [2.45, 2.75) is 149 Å². The molecule has 768 valence electrons. The zero-order valence-corrected chi connectivity index (χ0v) is 78.7. The van der Waals surface area contributed by atoms with Gasteiger partial charge in [0.05, 0.1) is 177 Å². The number of amides is 16. The Hall–Kier alpha value is -10.2. The summed E-state index contributed by atoms with van der Waals surface area (Å²) in [5.41, 5.74) is 10.0. The van der Waals surface area contributed by atoms with Gasteiger partial charge in [0.15, 0.2) is 47.3 Å². The van der Waals surface area contributed by atoms with E-state index in [1.807, 2.05) is 0 Å². The zero-order chi connectivity index (χ0) is 102. The number of carbonyl (C=O) groups excluding carboxylic acids is 8. The molecule has 11 saturated heterocycles. The van der Waals surface area contributed by atoms with E-state index in [0.29, 0.717) is 43.8 Å². The van der Waals surface area contributed by atoms with Crippen LogP contribution in [0.5, 0.6) is 23.0 Å². The highest BCUT2D eigenvalue weighted by molar-refractivity contribution is 7.86. The van der Waals surface area contributed by atoms with E-state index in [1.54, 1.807) is 76.2 Å². The van der Waals surface area contributed by atoms with Gasteiger partial charge in [-0.25, -0.2) is 38.4 Å². The second kappa shape index (κ2) is 38.6. The Balaban J connectivity index is 0.000000432. The van der Waals surface area contributed by atoms with E-state index in [2.05, 4.69) is 0 Å². The minimum atomic E-state index is -4.43. The molecule has 13 aliphatic rings. The highest BCUT2D eigenvalue weighted by Gasteiger charge is 2.81. The van der Waals surface area contributed by atoms with Crippen LogP contribution in [0.1, 0.15) is 75.6 Å². The number of rotatable bonds is 32. The van der Waals surface area contributed by atoms with Crippen LogP contribution in [0.15, 0.2) is 48.5 Å². The standard InChI is InChI=1S/C62H72N16O24S4.4C4H11NO3/c1-59-61(3)75-31-67-49-47-63(51(67)79)29-65-48-50-69(53(65)81)33-77-57(85)73-27-41-42(46(102-20-12-24-106(96,97)98)38-16-8-7-15-37(38)45(41)101-19-11-23-105(93,94)95)28-74-58(86)78(62(77,4)60(73,74)2)34-70(50)54(82)66(48)30-64(47)52(80)68(49)32-76(61)56(84)72(59)26-40-39(25-71(59)55(75)83)43(99-17-9-21-103(87,88)89)35-13-5-6-14-36(35)44(40)100-18-10-22-104(90,91)92;4*5-4(1-6,2-7)3-8/h5-8,13-16,47-50H,9-12,17-34H2,1-4H3,(H,87,88,89)(H,90,91,92)(H,93,94,95)(H,96,97,98);4*6-8H,1-3,5H2. The second-order valence-corrected chi connectivity index (χ2v) is 42.6. The maximum Gasteiger partial charge on any atom is 0.326 e. The Bertz CT molecular complexity index is 5160. The molecule has 0 radical (unpaired) electrons. The summed E-state index contributed by atoms with van der Waals surface area (Å²) in [5.74, 6) is -1.97. The number of hydrogen-bond donors (Lipinski definition) is 20. The summed E-state index contributed by atoms with van der Waals surface area (Å²) < 4.78 is 159. The van der Waals surface area contributed by atoms with Crippen molar-refractivity contribution in [1.29, 1.82) is 0 Å². The first-order valence-electron chi connectivity index (χ1n) is 43.2. The van der Waals surface area contributed by atoms with Crippen LogP contribution in [0, 0.1) is 0 Å². The number of aliphatic hydroxyl groups is 12. The summed E-state index contributed by atoms with van der Waals surface area (Å²) in [6.07, 6.45) is -5.96. The van der Waals surface area contributed by atoms with Gasteiger partial charge in [0, 0.05) is 43.8 Å². The van der Waals surface area contributed by atoms with Gasteiger partial charge >= 0.3 is 48.2 Å². The number of aliphatic hydroxyl groups excluding tert-OH is 12. The third-order valence-electron chi connectivity index (χ3n) is 27.6. The molecular formula is C78H116N20O36S4. The number of carbonyl (C=O) groups is 8. The van der Waals surface area contributed by atoms with Gasteiger partial charge in [0.2, 0.25) is 0 Å². The number of urea groups is 8. The molecule has 138 heavy (non-hydrogen) atoms. The maximum atomic E-state index is 15.9. The molecule has 24 N–H and O–H groups in total. The predicted molar refractivity (Wildman–Crippen MR) is 472 cm³/mol. The lowest BCUT2D eigenvalue weighted by molar-refractivity contribution is -0.0871. The van der Waals surface area contributed by atoms with Crippen LogP contribution in [-0.4, -0.2) is 478 Å². The first-order valence-corrected chi connectivity index (χ1v) is 49.7. The molecule has 16 amide bonds. The second-order valence-electron chi connectivity index (χ2n) is 36.3. The first-order chi connectivity index (χ1) is 64.7. The van der Waals surface area contributed by atoms with E-state index >= 15 is 38.4 Å². The molecule has 0 aliphatic carbocycles. The summed E-state index contributed by atoms with van der Waals surface area (Å²) in [6.45, 7) is -4.07. The molecule has 11 fully saturated rings. The van der Waals surface area contributed by atoms with Crippen LogP contribution in [0.3, 0.4) is 0 Å². The summed E-state index contributed by atoms with van der Waals surface area (Å²) in [5, 5.41) is 102. The summed E-state index contributed by atoms with van der Waals surface area (Å²) >= 11 is 0. The fourth-order valence-corrected chi connectivity index (χ4v) is 21.1. The molecule has 56 nitrogen and oxygen atoms in total. The molecule has 4 aromatic rings. The smallest absolute Gasteiger partial charge is 0.326 e. The number of fused-ring (bicyclic) bond motifs is 4. The third-order valence-corrected chi connectivity index (χ3v) is 30.8. The van der Waals surface area contributed by atoms with Gasteiger partial charge in [-0.05, 0) is 53.4 Å². The van der Waals surface area contributed by atoms with Crippen molar-refractivity contribution >= 4 is 110 Å². The van der Waals surface area contributed by atoms with Crippen molar-refractivity contribution in [2.75, 3.05) is 169 Å². The maximum absolute atomic E-state index is 15.9. The Morgan fingerprint density at radius 1 is 0.283 bits per heavy atom. The number of nitrogens with zero attached hydrogens (tertiary/aromatic N) is 16. The van der Waals surface area contributed by atoms with Crippen molar-refractivity contribution in [1.82, 2.24) is 78.4 Å². The Morgan fingerprint density at radius 2 is 0.442 bits per heavy atom. The molecular weight excluding hydrogens is 1920 g/mol. The van der Waals surface area contributed by atoms with E-state index in [-0.39, 0.29) is 101 Å². The van der Waals surface area contributed by atoms with Gasteiger partial charge < -0.3 is 103 Å². The lowest BCUT2D eigenvalue weighted by atomic mass is 9.95. The number of nitrogens with two attached hydrogens (primary N) is 4. The van der Waals surface area contributed by atoms with E-state index in [4.69, 9.17) is 103 Å². The van der Waals surface area contributed by atoms with Crippen molar-refractivity contribution in [3.8, 4) is 23.0 Å². The molecule has 0 bridgehead atoms. The monoisotopic (exact) mass is 2040 g/mol. The van der Waals surface area contributed by atoms with E-state index < -0.39 is 300 Å². The molecule has 60 heteroatoms. The van der Waals surface area contributed by atoms with Gasteiger partial charge in [0.1, 0.15) is 63.0 Å². The van der Waals surface area contributed by atoms with E-state index in [0.717, 1.165) is 0 Å². The van der Waals surface area contributed by atoms with Crippen molar-refractivity contribution in [2.24, 2.45) is 22.9 Å². The number of benzene rings is 4. The van der Waals surface area contributed by atoms with Crippen LogP contribution < -0.4 is 41.9 Å². The summed E-state index contributed by atoms with van der Waals surface area (Å²) in [6, 6.07) is 7.64. The fraction of sp³-hybridized carbons (Fsp3) is 0.641. The topological polar surface area (TPSA) is 790 Å². The zero-order valence-electron chi connectivity index (χ0n) is 75.4. The summed E-state index contributed by atoms with van der Waals surface area (Å²) in [4.78, 5) is 148. The average molecular weight is 2040 g/mol. The molecule has 17 rings (SSSR count). The largest absolute Gasteiger partial charge is 0.493 e. The SMILES string of the molecule is CC12N3Cc4c(c(OCCCS(=O)(=O)O)c5ccccc5c4OCCCS(=O)(=O)O)CN1C(=O)N1CN4C(=O)N5CN6C(=O)N7CN8C(=O)N9Cc%10c(c(OCCCS(=O)(=O)O)c%11ccccc%11c%10OCCCS(=O)(=O)O)CN%10C(=O)N(CN%11C(=O)N(CN%12C(=O)N(CN(C3=O)C12C)C4C%125)C6C%117)C8(C)C%109C.NC(CO)(CO)CO.NC(CO)(CO)CO.NC(CO)(CO)CO.NC(CO)(CO)CO. The highest BCUT2D eigenvalue weighted by Crippen LogP contribution is 2.61. The lowest BCUT2D eigenvalue weighted by Crippen LogP contribution is -2.69. The number of hydrogen-bond acceptors (Lipinski definition) is 36. The van der Waals surface area contributed by atoms with E-state index in [1.165, 1.54) is 78.4 Å². The average Bonchev–Trinajstić information content (AvgIpc) is 1.49. The normalized spacial score (nSPS) is 24.6. The molecule has 0 spiro atoms. The Kier molecular flexibility index (Phi) is 29.4. The number of ether oxygens (including phenoxy) is 4. The van der Waals surface area contributed by atoms with Gasteiger partial charge in [-0.3, -0.25) is 96.6 Å². The van der Waals surface area contributed by atoms with Crippen LogP contribution in [-0.2, 0) is 66.7 Å². The van der Waals surface area contributed by atoms with Crippen molar-refractivity contribution in [3.05, 3.63) is 70.8 Å². The Morgan fingerprint density at radius 3 is 0.594 bits per heavy atom. The molecule has 0 saturated carbocycles. The van der Waals surface area contributed by atoms with Gasteiger partial charge in [-0.1, -0.05) is 48.5 Å². The first kappa shape index (κ1) is 105. The third kappa shape index (κ3) is 18.0. The van der Waals surface area contributed by atoms with E-state index in [9.17, 15) is 51.9 Å². The Labute approximate surface area is 789 Å². The molecule has 0 aromatic heterocycles. The molecule has 13 heterocycles. The fourth-order valence-electron chi connectivity index (χ4n) is 19.2. The van der Waals surface area contributed by atoms with Crippen molar-refractivity contribution in [3.63, 3.8) is 0 Å². The lowest BCUT2D eigenvalue weighted by Gasteiger charge is -2.49. The van der Waals surface area contributed by atoms with Crippen LogP contribution >= 0.6 is 0 Å². The molecule has 0 atom stereocenters. The predicted octanol–water partition coefficient (Wildman–Crippen LogP) is -7.15. The van der Waals surface area contributed by atoms with Crippen LogP contribution in [0.4, 0.5) is 38.4 Å². The quantitative estimate of drug-likeness (QED) is 0.0160. The van der Waals surface area contributed by atoms with Gasteiger partial charge in [0.25, 0.3) is 40.5 Å². The highest BCUT2D eigenvalue weighted by atomic mass is 32.2. The summed E-state index contributed by atoms with van der Waals surface area (Å²) in [7, 11) is -17.7. The molecule has 0 unspecified atom stereocenters.